The van der Waals surface area contributed by atoms with Crippen LogP contribution in [0.2, 0.25) is 0 Å². The predicted octanol–water partition coefficient (Wildman–Crippen LogP) is 2.79. The molecule has 1 saturated carbocycles. The molecule has 0 radical (unpaired) electrons. The minimum absolute atomic E-state index is 0.0749. The zero-order chi connectivity index (χ0) is 13.3. The van der Waals surface area contributed by atoms with Crippen LogP contribution < -0.4 is 11.1 Å². The summed E-state index contributed by atoms with van der Waals surface area (Å²) in [5, 5.41) is 13.8. The molecule has 0 amide bonds. The molecule has 3 N–H and O–H groups in total. The molecule has 0 atom stereocenters. The Kier molecular flexibility index (Phi) is 3.54. The van der Waals surface area contributed by atoms with Crippen molar-refractivity contribution in [3.05, 3.63) is 32.5 Å². The molecule has 5 nitrogen and oxygen atoms in total. The number of hydrogen-bond acceptors (Lipinski definition) is 4. The van der Waals surface area contributed by atoms with Crippen LogP contribution in [0.5, 0.6) is 0 Å². The van der Waals surface area contributed by atoms with Crippen molar-refractivity contribution in [2.75, 3.05) is 11.9 Å². The van der Waals surface area contributed by atoms with E-state index in [1.165, 1.54) is 0 Å². The lowest BCUT2D eigenvalue weighted by atomic mass is 9.78. The van der Waals surface area contributed by atoms with Gasteiger partial charge in [-0.1, -0.05) is 0 Å². The van der Waals surface area contributed by atoms with Crippen LogP contribution in [0.25, 0.3) is 0 Å². The third-order valence-electron chi connectivity index (χ3n) is 3.22. The Hall–Kier alpha value is -1.21. The molecule has 7 heteroatoms. The van der Waals surface area contributed by atoms with Crippen molar-refractivity contribution < 1.29 is 9.31 Å². The van der Waals surface area contributed by atoms with E-state index < -0.39 is 10.7 Å². The predicted molar refractivity (Wildman–Crippen MR) is 70.0 cm³/mol. The highest BCUT2D eigenvalue weighted by atomic mass is 79.9. The number of anilines is 1. The molecular formula is C11H13BrFN3O2. The van der Waals surface area contributed by atoms with Crippen molar-refractivity contribution in [3.63, 3.8) is 0 Å². The van der Waals surface area contributed by atoms with Crippen molar-refractivity contribution in [3.8, 4) is 0 Å². The Labute approximate surface area is 112 Å². The molecule has 18 heavy (non-hydrogen) atoms. The van der Waals surface area contributed by atoms with E-state index in [4.69, 9.17) is 5.73 Å². The normalized spacial score (nSPS) is 17.1. The molecular weight excluding hydrogens is 305 g/mol. The van der Waals surface area contributed by atoms with Crippen molar-refractivity contribution >= 4 is 27.3 Å². The van der Waals surface area contributed by atoms with E-state index >= 15 is 0 Å². The molecule has 0 unspecified atom stereocenters. The zero-order valence-electron chi connectivity index (χ0n) is 9.58. The summed E-state index contributed by atoms with van der Waals surface area (Å²) in [7, 11) is 0. The summed E-state index contributed by atoms with van der Waals surface area (Å²) in [5.74, 6) is -0.539. The van der Waals surface area contributed by atoms with Gasteiger partial charge in [-0.25, -0.2) is 4.39 Å². The molecule has 1 aliphatic rings. The summed E-state index contributed by atoms with van der Waals surface area (Å²) in [5.41, 5.74) is 5.69. The average molecular weight is 318 g/mol. The minimum Gasteiger partial charge on any atom is -0.378 e. The molecule has 0 bridgehead atoms. The summed E-state index contributed by atoms with van der Waals surface area (Å²) >= 11 is 2.93. The number of nitro groups is 1. The molecule has 2 rings (SSSR count). The fourth-order valence-corrected chi connectivity index (χ4v) is 2.24. The SMILES string of the molecule is NC1(CNc2cc(F)c(Br)cc2[N+](=O)[O-])CCC1. The first kappa shape index (κ1) is 13.2. The number of nitrogens with two attached hydrogens (primary N) is 1. The van der Waals surface area contributed by atoms with Crippen LogP contribution >= 0.6 is 15.9 Å². The lowest BCUT2D eigenvalue weighted by Gasteiger charge is -2.38. The maximum absolute atomic E-state index is 13.4. The second kappa shape index (κ2) is 4.81. The molecule has 98 valence electrons. The Balaban J connectivity index is 2.20. The van der Waals surface area contributed by atoms with Crippen LogP contribution in [-0.2, 0) is 0 Å². The van der Waals surface area contributed by atoms with Gasteiger partial charge in [-0.2, -0.15) is 0 Å². The van der Waals surface area contributed by atoms with Crippen LogP contribution in [0.1, 0.15) is 19.3 Å². The van der Waals surface area contributed by atoms with Crippen LogP contribution in [0.15, 0.2) is 16.6 Å². The summed E-state index contributed by atoms with van der Waals surface area (Å²) in [4.78, 5) is 10.3. The second-order valence-electron chi connectivity index (χ2n) is 4.61. The lowest BCUT2D eigenvalue weighted by Crippen LogP contribution is -2.52. The highest BCUT2D eigenvalue weighted by molar-refractivity contribution is 9.10. The van der Waals surface area contributed by atoms with Crippen LogP contribution in [0.4, 0.5) is 15.8 Å². The Morgan fingerprint density at radius 2 is 2.22 bits per heavy atom. The van der Waals surface area contributed by atoms with Gasteiger partial charge in [0.1, 0.15) is 11.5 Å². The number of nitrogens with zero attached hydrogens (tertiary/aromatic N) is 1. The van der Waals surface area contributed by atoms with Gasteiger partial charge in [0.2, 0.25) is 0 Å². The van der Waals surface area contributed by atoms with Crippen molar-refractivity contribution in [1.29, 1.82) is 0 Å². The zero-order valence-corrected chi connectivity index (χ0v) is 11.2. The average Bonchev–Trinajstić information content (AvgIpc) is 2.27. The van der Waals surface area contributed by atoms with Gasteiger partial charge < -0.3 is 11.1 Å². The van der Waals surface area contributed by atoms with Gasteiger partial charge in [0.25, 0.3) is 5.69 Å². The minimum atomic E-state index is -0.545. The molecule has 1 fully saturated rings. The summed E-state index contributed by atoms with van der Waals surface area (Å²) in [6.45, 7) is 0.412. The molecule has 0 heterocycles. The largest absolute Gasteiger partial charge is 0.378 e. The van der Waals surface area contributed by atoms with Gasteiger partial charge in [0.05, 0.1) is 9.40 Å². The molecule has 1 aliphatic carbocycles. The topological polar surface area (TPSA) is 81.2 Å². The standard InChI is InChI=1S/C11H13BrFN3O2/c12-7-4-10(16(17)18)9(5-8(7)13)15-6-11(14)2-1-3-11/h4-5,15H,1-3,6,14H2. The maximum Gasteiger partial charge on any atom is 0.293 e. The highest BCUT2D eigenvalue weighted by Gasteiger charge is 2.32. The van der Waals surface area contributed by atoms with Crippen molar-refractivity contribution in [2.24, 2.45) is 5.73 Å². The van der Waals surface area contributed by atoms with E-state index in [0.29, 0.717) is 6.54 Å². The fraction of sp³-hybridized carbons (Fsp3) is 0.455. The van der Waals surface area contributed by atoms with Crippen LogP contribution in [-0.4, -0.2) is 17.0 Å². The van der Waals surface area contributed by atoms with E-state index in [2.05, 4.69) is 21.2 Å². The first-order valence-electron chi connectivity index (χ1n) is 5.57. The first-order valence-corrected chi connectivity index (χ1v) is 6.37. The fourth-order valence-electron chi connectivity index (χ4n) is 1.91. The number of rotatable bonds is 4. The van der Waals surface area contributed by atoms with Gasteiger partial charge >= 0.3 is 0 Å². The second-order valence-corrected chi connectivity index (χ2v) is 5.46. The summed E-state index contributed by atoms with van der Waals surface area (Å²) < 4.78 is 13.5. The lowest BCUT2D eigenvalue weighted by molar-refractivity contribution is -0.384. The molecule has 0 spiro atoms. The molecule has 1 aromatic rings. The third-order valence-corrected chi connectivity index (χ3v) is 3.82. The van der Waals surface area contributed by atoms with E-state index in [1.54, 1.807) is 0 Å². The van der Waals surface area contributed by atoms with E-state index in [9.17, 15) is 14.5 Å². The number of halogens is 2. The van der Waals surface area contributed by atoms with Crippen LogP contribution in [0, 0.1) is 15.9 Å². The van der Waals surface area contributed by atoms with Gasteiger partial charge in [-0.05, 0) is 35.2 Å². The van der Waals surface area contributed by atoms with E-state index in [1.807, 2.05) is 0 Å². The van der Waals surface area contributed by atoms with Gasteiger partial charge in [0, 0.05) is 24.2 Å². The highest BCUT2D eigenvalue weighted by Crippen LogP contribution is 2.33. The Morgan fingerprint density at radius 3 is 2.72 bits per heavy atom. The van der Waals surface area contributed by atoms with Gasteiger partial charge in [-0.15, -0.1) is 0 Å². The molecule has 1 aromatic carbocycles. The van der Waals surface area contributed by atoms with Crippen molar-refractivity contribution in [1.82, 2.24) is 0 Å². The molecule has 0 aliphatic heterocycles. The molecule has 0 saturated heterocycles. The monoisotopic (exact) mass is 317 g/mol. The third kappa shape index (κ3) is 2.62. The number of hydrogen-bond donors (Lipinski definition) is 2. The number of nitro benzene ring substituents is 1. The van der Waals surface area contributed by atoms with Crippen molar-refractivity contribution in [2.45, 2.75) is 24.8 Å². The Bertz CT molecular complexity index is 491. The van der Waals surface area contributed by atoms with Gasteiger partial charge in [-0.3, -0.25) is 10.1 Å². The quantitative estimate of drug-likeness (QED) is 0.661. The summed E-state index contributed by atoms with van der Waals surface area (Å²) in [6.07, 6.45) is 2.83. The van der Waals surface area contributed by atoms with E-state index in [0.717, 1.165) is 31.4 Å². The first-order chi connectivity index (χ1) is 8.41. The van der Waals surface area contributed by atoms with Crippen LogP contribution in [0.3, 0.4) is 0 Å². The number of benzene rings is 1. The maximum atomic E-state index is 13.4. The number of nitrogens with one attached hydrogen (secondary N) is 1. The summed E-state index contributed by atoms with van der Waals surface area (Å²) in [6, 6.07) is 2.27. The Morgan fingerprint density at radius 1 is 1.56 bits per heavy atom. The van der Waals surface area contributed by atoms with E-state index in [-0.39, 0.29) is 21.4 Å². The smallest absolute Gasteiger partial charge is 0.293 e. The molecule has 0 aromatic heterocycles. The van der Waals surface area contributed by atoms with Gasteiger partial charge in [0.15, 0.2) is 0 Å².